The van der Waals surface area contributed by atoms with Gasteiger partial charge in [0.1, 0.15) is 5.52 Å². The first kappa shape index (κ1) is 24.9. The minimum Gasteiger partial charge on any atom is -0.481 e. The molecule has 38 heavy (non-hydrogen) atoms. The third-order valence-corrected chi connectivity index (χ3v) is 9.02. The molecule has 9 rings (SSSR count). The number of carboxylic acid groups (broad SMARTS) is 1. The predicted molar refractivity (Wildman–Crippen MR) is 145 cm³/mol. The molecule has 2 amide bonds. The highest BCUT2D eigenvalue weighted by Gasteiger charge is 2.30. The first-order valence-electron chi connectivity index (χ1n) is 14.2. The van der Waals surface area contributed by atoms with Gasteiger partial charge in [0, 0.05) is 38.6 Å². The number of amides is 2. The molecule has 2 aromatic carbocycles. The number of hydrogen-bond donors (Lipinski definition) is 1. The van der Waals surface area contributed by atoms with Crippen molar-refractivity contribution in [3.05, 3.63) is 58.1 Å². The first-order chi connectivity index (χ1) is 18.5. The summed E-state index contributed by atoms with van der Waals surface area (Å²) in [6, 6.07) is 10.6. The number of aliphatic carboxylic acids is 1. The second-order valence-electron chi connectivity index (χ2n) is 11.4. The average Bonchev–Trinajstić information content (AvgIpc) is 3.34. The molecule has 0 radical (unpaired) electrons. The molecule has 1 atom stereocenters. The molecule has 1 saturated heterocycles. The molecule has 8 nitrogen and oxygen atoms in total. The summed E-state index contributed by atoms with van der Waals surface area (Å²) in [4.78, 5) is 29.5. The van der Waals surface area contributed by atoms with Gasteiger partial charge in [-0.2, -0.15) is 0 Å². The Morgan fingerprint density at radius 3 is 2.63 bits per heavy atom. The van der Waals surface area contributed by atoms with Gasteiger partial charge in [-0.1, -0.05) is 48.7 Å². The van der Waals surface area contributed by atoms with Gasteiger partial charge in [-0.15, -0.1) is 5.10 Å². The van der Waals surface area contributed by atoms with Gasteiger partial charge in [-0.3, -0.25) is 4.79 Å². The molecule has 7 heterocycles. The molecule has 8 heteroatoms. The van der Waals surface area contributed by atoms with E-state index in [9.17, 15) is 14.7 Å². The Bertz CT molecular complexity index is 1360. The molecule has 0 saturated carbocycles. The van der Waals surface area contributed by atoms with Gasteiger partial charge in [0.15, 0.2) is 0 Å². The number of aryl methyl sites for hydroxylation is 2. The lowest BCUT2D eigenvalue weighted by molar-refractivity contribution is -0.137. The van der Waals surface area contributed by atoms with Gasteiger partial charge in [-0.05, 0) is 72.4 Å². The molecule has 1 aromatic heterocycles. The van der Waals surface area contributed by atoms with E-state index in [4.69, 9.17) is 0 Å². The summed E-state index contributed by atoms with van der Waals surface area (Å²) in [6.45, 7) is 5.87. The topological polar surface area (TPSA) is 91.6 Å². The zero-order chi connectivity index (χ0) is 26.2. The van der Waals surface area contributed by atoms with E-state index >= 15 is 0 Å². The third-order valence-electron chi connectivity index (χ3n) is 9.02. The van der Waals surface area contributed by atoms with Crippen molar-refractivity contribution in [2.75, 3.05) is 19.6 Å². The van der Waals surface area contributed by atoms with Crippen molar-refractivity contribution in [2.45, 2.75) is 77.3 Å². The van der Waals surface area contributed by atoms with E-state index in [0.29, 0.717) is 12.5 Å². The van der Waals surface area contributed by atoms with Crippen LogP contribution < -0.4 is 0 Å². The molecule has 0 spiro atoms. The van der Waals surface area contributed by atoms with Crippen molar-refractivity contribution in [1.29, 1.82) is 0 Å². The van der Waals surface area contributed by atoms with Crippen molar-refractivity contribution >= 4 is 23.0 Å². The van der Waals surface area contributed by atoms with Gasteiger partial charge < -0.3 is 14.9 Å². The monoisotopic (exact) mass is 515 g/mol. The van der Waals surface area contributed by atoms with Crippen LogP contribution in [0.4, 0.5) is 4.79 Å². The van der Waals surface area contributed by atoms with Crippen LogP contribution >= 0.6 is 0 Å². The van der Waals surface area contributed by atoms with Gasteiger partial charge in [0.2, 0.25) is 0 Å². The zero-order valence-electron chi connectivity index (χ0n) is 22.2. The largest absolute Gasteiger partial charge is 0.481 e. The summed E-state index contributed by atoms with van der Waals surface area (Å²) in [6.07, 6.45) is 7.65. The number of carboxylic acids is 1. The molecular formula is C30H37N5O3. The molecular weight excluding hydrogens is 478 g/mol. The first-order valence-corrected chi connectivity index (χ1v) is 14.2. The van der Waals surface area contributed by atoms with E-state index < -0.39 is 5.97 Å². The zero-order valence-corrected chi connectivity index (χ0v) is 22.2. The number of hydrogen-bond acceptors (Lipinski definition) is 4. The minimum atomic E-state index is -0.832. The highest BCUT2D eigenvalue weighted by atomic mass is 16.4. The van der Waals surface area contributed by atoms with Gasteiger partial charge in [0.05, 0.1) is 11.9 Å². The van der Waals surface area contributed by atoms with E-state index in [-0.39, 0.29) is 18.4 Å². The van der Waals surface area contributed by atoms with Gasteiger partial charge in [0.25, 0.3) is 0 Å². The molecule has 3 aromatic rings. The standard InChI is InChI=1S/C30H37N5O3/c1-20-25-8-9-27-29(20)31-32-35(27)13-4-2-3-5-21-10-14-33(15-11-21)30(38)34-16-12-22-6-7-23(17-24(22)19-34)26(25)18-28(36)37/h6-9,17,21,26H,2-5,10-16,18-19H2,1H3,(H,36,37)/t26-/m0/s1. The third kappa shape index (κ3) is 4.76. The van der Waals surface area contributed by atoms with Crippen LogP contribution in [-0.2, 0) is 24.3 Å². The Hall–Kier alpha value is -3.42. The summed E-state index contributed by atoms with van der Waals surface area (Å²) >= 11 is 0. The SMILES string of the molecule is Cc1c2ccc3c1nnn3CCCCCC1CCN(CC1)C(=O)N1CCc3ccc(cc3C1)[C@@H]2CC(=O)O. The quantitative estimate of drug-likeness (QED) is 0.512. The fraction of sp³-hybridized carbons (Fsp3) is 0.533. The predicted octanol–water partition coefficient (Wildman–Crippen LogP) is 5.11. The van der Waals surface area contributed by atoms with Crippen LogP contribution in [0.1, 0.15) is 78.7 Å². The summed E-state index contributed by atoms with van der Waals surface area (Å²) in [7, 11) is 0. The van der Waals surface area contributed by atoms with Crippen LogP contribution in [0, 0.1) is 12.8 Å². The number of nitrogens with zero attached hydrogens (tertiary/aromatic N) is 5. The summed E-state index contributed by atoms with van der Waals surface area (Å²) < 4.78 is 2.00. The highest BCUT2D eigenvalue weighted by Crippen LogP contribution is 2.35. The Kier molecular flexibility index (Phi) is 6.80. The van der Waals surface area contributed by atoms with Crippen molar-refractivity contribution < 1.29 is 14.7 Å². The fourth-order valence-electron chi connectivity index (χ4n) is 6.75. The number of carbonyl (C=O) groups is 2. The molecule has 200 valence electrons. The average molecular weight is 516 g/mol. The number of aromatic nitrogens is 3. The Labute approximate surface area is 223 Å². The second-order valence-corrected chi connectivity index (χ2v) is 11.4. The van der Waals surface area contributed by atoms with Crippen molar-refractivity contribution in [2.24, 2.45) is 5.92 Å². The molecule has 1 fully saturated rings. The number of urea groups is 1. The Morgan fingerprint density at radius 1 is 0.974 bits per heavy atom. The van der Waals surface area contributed by atoms with E-state index in [1.807, 2.05) is 21.4 Å². The lowest BCUT2D eigenvalue weighted by Crippen LogP contribution is -2.48. The van der Waals surface area contributed by atoms with E-state index in [2.05, 4.69) is 40.6 Å². The maximum atomic E-state index is 13.4. The number of benzene rings is 2. The lowest BCUT2D eigenvalue weighted by Gasteiger charge is -2.38. The molecule has 0 unspecified atom stereocenters. The van der Waals surface area contributed by atoms with E-state index in [0.717, 1.165) is 91.6 Å². The van der Waals surface area contributed by atoms with Crippen molar-refractivity contribution in [3.63, 3.8) is 0 Å². The van der Waals surface area contributed by atoms with E-state index in [1.54, 1.807) is 0 Å². The smallest absolute Gasteiger partial charge is 0.320 e. The molecule has 0 aliphatic carbocycles. The fourth-order valence-corrected chi connectivity index (χ4v) is 6.75. The van der Waals surface area contributed by atoms with Crippen molar-refractivity contribution in [3.8, 4) is 0 Å². The maximum absolute atomic E-state index is 13.4. The summed E-state index contributed by atoms with van der Waals surface area (Å²) in [5.41, 5.74) is 7.18. The van der Waals surface area contributed by atoms with Crippen LogP contribution in [0.5, 0.6) is 0 Å². The van der Waals surface area contributed by atoms with Gasteiger partial charge in [-0.25, -0.2) is 9.48 Å². The molecule has 9 bridgehead atoms. The summed E-state index contributed by atoms with van der Waals surface area (Å²) in [5.74, 6) is -0.426. The second kappa shape index (κ2) is 10.4. The van der Waals surface area contributed by atoms with Crippen LogP contribution in [0.2, 0.25) is 0 Å². The number of carbonyl (C=O) groups excluding carboxylic acids is 1. The van der Waals surface area contributed by atoms with Crippen molar-refractivity contribution in [1.82, 2.24) is 24.8 Å². The normalized spacial score (nSPS) is 22.4. The Morgan fingerprint density at radius 2 is 1.82 bits per heavy atom. The minimum absolute atomic E-state index is 0.00312. The highest BCUT2D eigenvalue weighted by molar-refractivity contribution is 5.80. The maximum Gasteiger partial charge on any atom is 0.320 e. The summed E-state index contributed by atoms with van der Waals surface area (Å²) in [5, 5.41) is 18.8. The van der Waals surface area contributed by atoms with Crippen LogP contribution in [-0.4, -0.2) is 61.5 Å². The molecule has 1 N–H and O–H groups in total. The van der Waals surface area contributed by atoms with Crippen LogP contribution in [0.25, 0.3) is 11.0 Å². The Balaban J connectivity index is 1.39. The number of piperidine rings is 1. The van der Waals surface area contributed by atoms with E-state index in [1.165, 1.54) is 18.4 Å². The number of rotatable bonds is 2. The van der Waals surface area contributed by atoms with Gasteiger partial charge >= 0.3 is 12.0 Å². The van der Waals surface area contributed by atoms with Crippen LogP contribution in [0.3, 0.4) is 0 Å². The molecule has 6 aliphatic heterocycles. The van der Waals surface area contributed by atoms with Crippen LogP contribution in [0.15, 0.2) is 30.3 Å². The lowest BCUT2D eigenvalue weighted by atomic mass is 9.83. The molecule has 6 aliphatic rings.